The van der Waals surface area contributed by atoms with Crippen molar-refractivity contribution >= 4 is 28.8 Å². The molecule has 0 bridgehead atoms. The summed E-state index contributed by atoms with van der Waals surface area (Å²) in [6.07, 6.45) is -4.56. The molecule has 1 aliphatic rings. The van der Waals surface area contributed by atoms with Gasteiger partial charge in [-0.15, -0.1) is 0 Å². The van der Waals surface area contributed by atoms with Crippen LogP contribution >= 0.6 is 0 Å². The number of para-hydroxylation sites is 1. The number of carbonyl (C=O) groups is 2. The van der Waals surface area contributed by atoms with Crippen molar-refractivity contribution in [3.8, 4) is 5.75 Å². The van der Waals surface area contributed by atoms with Gasteiger partial charge in [-0.2, -0.15) is 13.2 Å². The van der Waals surface area contributed by atoms with E-state index in [9.17, 15) is 27.9 Å². The molecule has 4 rings (SSSR count). The lowest BCUT2D eigenvalue weighted by molar-refractivity contribution is -0.137. The maximum atomic E-state index is 13.3. The number of aliphatic hydroxyl groups excluding tert-OH is 1. The molecule has 1 amide bonds. The molecule has 1 saturated heterocycles. The zero-order valence-electron chi connectivity index (χ0n) is 19.7. The Morgan fingerprint density at radius 1 is 0.944 bits per heavy atom. The van der Waals surface area contributed by atoms with Gasteiger partial charge in [0.25, 0.3) is 11.7 Å². The highest BCUT2D eigenvalue weighted by Gasteiger charge is 2.47. The van der Waals surface area contributed by atoms with Gasteiger partial charge in [-0.05, 0) is 54.1 Å². The Balaban J connectivity index is 1.92. The summed E-state index contributed by atoms with van der Waals surface area (Å²) in [4.78, 5) is 29.4. The Kier molecular flexibility index (Phi) is 6.49. The van der Waals surface area contributed by atoms with E-state index < -0.39 is 35.2 Å². The summed E-state index contributed by atoms with van der Waals surface area (Å²) in [6.45, 7) is 0. The number of hydrogen-bond donors (Lipinski definition) is 1. The number of hydrogen-bond acceptors (Lipinski definition) is 5. The van der Waals surface area contributed by atoms with Gasteiger partial charge in [0.2, 0.25) is 0 Å². The first-order valence-electron chi connectivity index (χ1n) is 10.9. The first-order chi connectivity index (χ1) is 17.0. The van der Waals surface area contributed by atoms with Crippen LogP contribution in [0.15, 0.2) is 78.4 Å². The topological polar surface area (TPSA) is 70.1 Å². The van der Waals surface area contributed by atoms with Crippen LogP contribution in [0.1, 0.15) is 22.7 Å². The zero-order chi connectivity index (χ0) is 26.2. The van der Waals surface area contributed by atoms with E-state index in [1.54, 1.807) is 48.5 Å². The lowest BCUT2D eigenvalue weighted by Crippen LogP contribution is -2.29. The van der Waals surface area contributed by atoms with E-state index in [-0.39, 0.29) is 22.6 Å². The highest BCUT2D eigenvalue weighted by molar-refractivity contribution is 6.51. The number of halogens is 3. The maximum absolute atomic E-state index is 13.3. The second-order valence-electron chi connectivity index (χ2n) is 8.40. The number of amides is 1. The van der Waals surface area contributed by atoms with Crippen molar-refractivity contribution in [2.24, 2.45) is 0 Å². The monoisotopic (exact) mass is 496 g/mol. The van der Waals surface area contributed by atoms with Crippen molar-refractivity contribution in [3.05, 3.63) is 95.1 Å². The van der Waals surface area contributed by atoms with Crippen LogP contribution in [0.2, 0.25) is 0 Å². The molecule has 6 nitrogen and oxygen atoms in total. The predicted molar refractivity (Wildman–Crippen MR) is 130 cm³/mol. The second kappa shape index (κ2) is 9.41. The first kappa shape index (κ1) is 24.8. The average molecular weight is 496 g/mol. The summed E-state index contributed by atoms with van der Waals surface area (Å²) in [5, 5.41) is 11.3. The molecule has 9 heteroatoms. The zero-order valence-corrected chi connectivity index (χ0v) is 19.7. The number of nitrogens with zero attached hydrogens (tertiary/aromatic N) is 2. The van der Waals surface area contributed by atoms with Gasteiger partial charge < -0.3 is 14.7 Å². The molecule has 1 aliphatic heterocycles. The van der Waals surface area contributed by atoms with Crippen molar-refractivity contribution in [2.75, 3.05) is 31.0 Å². The molecule has 0 saturated carbocycles. The van der Waals surface area contributed by atoms with E-state index in [0.29, 0.717) is 5.56 Å². The van der Waals surface area contributed by atoms with E-state index in [4.69, 9.17) is 4.74 Å². The smallest absolute Gasteiger partial charge is 0.416 e. The number of Topliss-reactive ketones (excluding diaryl/α,β-unsaturated/α-hetero) is 1. The standard InChI is InChI=1S/C27H23F3N2O4/c1-31(2)18-12-8-16(9-13-18)23-22(24(33)20-6-4-5-7-21(20)36-3)25(34)26(35)32(23)19-14-10-17(11-15-19)27(28,29)30/h4-15,23,33H,1-3H3/b24-22+. The number of carbonyl (C=O) groups excluding carboxylic acids is 2. The molecule has 1 fully saturated rings. The normalized spacial score (nSPS) is 17.4. The number of rotatable bonds is 5. The molecular formula is C27H23F3N2O4. The summed E-state index contributed by atoms with van der Waals surface area (Å²) >= 11 is 0. The van der Waals surface area contributed by atoms with Crippen LogP contribution in [-0.2, 0) is 15.8 Å². The third-order valence-corrected chi connectivity index (χ3v) is 6.00. The predicted octanol–water partition coefficient (Wildman–Crippen LogP) is 5.41. The quantitative estimate of drug-likeness (QED) is 0.291. The molecule has 1 unspecified atom stereocenters. The van der Waals surface area contributed by atoms with Crippen LogP contribution in [-0.4, -0.2) is 38.0 Å². The van der Waals surface area contributed by atoms with Crippen LogP contribution in [0.5, 0.6) is 5.75 Å². The van der Waals surface area contributed by atoms with Crippen molar-refractivity contribution in [3.63, 3.8) is 0 Å². The van der Waals surface area contributed by atoms with Gasteiger partial charge in [0.15, 0.2) is 0 Å². The van der Waals surface area contributed by atoms with Crippen LogP contribution < -0.4 is 14.5 Å². The Morgan fingerprint density at radius 3 is 2.11 bits per heavy atom. The summed E-state index contributed by atoms with van der Waals surface area (Å²) < 4.78 is 44.7. The lowest BCUT2D eigenvalue weighted by atomic mass is 9.94. The van der Waals surface area contributed by atoms with E-state index in [0.717, 1.165) is 34.9 Å². The molecule has 0 aromatic heterocycles. The van der Waals surface area contributed by atoms with Gasteiger partial charge in [-0.1, -0.05) is 24.3 Å². The minimum absolute atomic E-state index is 0.0888. The second-order valence-corrected chi connectivity index (χ2v) is 8.40. The number of alkyl halides is 3. The number of methoxy groups -OCH3 is 1. The van der Waals surface area contributed by atoms with Crippen molar-refractivity contribution in [2.45, 2.75) is 12.2 Å². The fourth-order valence-electron chi connectivity index (χ4n) is 4.17. The van der Waals surface area contributed by atoms with E-state index >= 15 is 0 Å². The molecule has 3 aromatic carbocycles. The SMILES string of the molecule is COc1ccccc1/C(O)=C1\C(=O)C(=O)N(c2ccc(C(F)(F)F)cc2)C1c1ccc(N(C)C)cc1. The minimum Gasteiger partial charge on any atom is -0.507 e. The molecule has 0 aliphatic carbocycles. The van der Waals surface area contributed by atoms with Crippen LogP contribution in [0, 0.1) is 0 Å². The van der Waals surface area contributed by atoms with Gasteiger partial charge in [0.1, 0.15) is 11.5 Å². The van der Waals surface area contributed by atoms with Crippen molar-refractivity contribution in [1.82, 2.24) is 0 Å². The maximum Gasteiger partial charge on any atom is 0.416 e. The molecule has 1 heterocycles. The molecule has 0 spiro atoms. The fraction of sp³-hybridized carbons (Fsp3) is 0.185. The number of anilines is 2. The van der Waals surface area contributed by atoms with Gasteiger partial charge >= 0.3 is 6.18 Å². The number of aliphatic hydroxyl groups is 1. The van der Waals surface area contributed by atoms with Crippen LogP contribution in [0.3, 0.4) is 0 Å². The molecule has 1 atom stereocenters. The Labute approximate surface area is 205 Å². The molecule has 1 N–H and O–H groups in total. The van der Waals surface area contributed by atoms with Crippen molar-refractivity contribution in [1.29, 1.82) is 0 Å². The van der Waals surface area contributed by atoms with Gasteiger partial charge in [0, 0.05) is 25.5 Å². The van der Waals surface area contributed by atoms with Gasteiger partial charge in [-0.25, -0.2) is 0 Å². The Bertz CT molecular complexity index is 1330. The molecule has 36 heavy (non-hydrogen) atoms. The van der Waals surface area contributed by atoms with Crippen LogP contribution in [0.25, 0.3) is 5.76 Å². The number of ether oxygens (including phenoxy) is 1. The summed E-state index contributed by atoms with van der Waals surface area (Å²) in [5.41, 5.74) is 0.572. The minimum atomic E-state index is -4.56. The fourth-order valence-corrected chi connectivity index (χ4v) is 4.17. The largest absolute Gasteiger partial charge is 0.507 e. The lowest BCUT2D eigenvalue weighted by Gasteiger charge is -2.26. The van der Waals surface area contributed by atoms with E-state index in [1.165, 1.54) is 7.11 Å². The first-order valence-corrected chi connectivity index (χ1v) is 10.9. The number of ketones is 1. The number of benzene rings is 3. The van der Waals surface area contributed by atoms with Gasteiger partial charge in [-0.3, -0.25) is 14.5 Å². The van der Waals surface area contributed by atoms with Crippen LogP contribution in [0.4, 0.5) is 24.5 Å². The molecule has 186 valence electrons. The Morgan fingerprint density at radius 2 is 1.56 bits per heavy atom. The highest BCUT2D eigenvalue weighted by Crippen LogP contribution is 2.44. The Hall–Kier alpha value is -4.27. The summed E-state index contributed by atoms with van der Waals surface area (Å²) in [6, 6.07) is 16.3. The third kappa shape index (κ3) is 4.39. The van der Waals surface area contributed by atoms with E-state index in [1.807, 2.05) is 19.0 Å². The summed E-state index contributed by atoms with van der Waals surface area (Å²) in [5.74, 6) is -2.08. The van der Waals surface area contributed by atoms with Crippen molar-refractivity contribution < 1.29 is 32.6 Å². The molecular weight excluding hydrogens is 473 g/mol. The summed E-state index contributed by atoms with van der Waals surface area (Å²) in [7, 11) is 5.11. The highest BCUT2D eigenvalue weighted by atomic mass is 19.4. The van der Waals surface area contributed by atoms with E-state index in [2.05, 4.69) is 0 Å². The molecule has 0 radical (unpaired) electrons. The molecule has 3 aromatic rings. The van der Waals surface area contributed by atoms with Gasteiger partial charge in [0.05, 0.1) is 29.9 Å². The third-order valence-electron chi connectivity index (χ3n) is 6.00. The average Bonchev–Trinajstić information content (AvgIpc) is 3.13.